The maximum Gasteiger partial charge on any atom is 0.206 e. The fraction of sp³-hybridized carbons (Fsp3) is 0.519. The van der Waals surface area contributed by atoms with Crippen molar-refractivity contribution in [1.29, 1.82) is 0 Å². The lowest BCUT2D eigenvalue weighted by Crippen LogP contribution is -2.36. The van der Waals surface area contributed by atoms with E-state index in [4.69, 9.17) is 24.3 Å². The Morgan fingerprint density at radius 3 is 2.61 bits per heavy atom. The third-order valence-corrected chi connectivity index (χ3v) is 7.00. The van der Waals surface area contributed by atoms with Crippen molar-refractivity contribution < 1.29 is 34.6 Å². The average molecular weight is 529 g/mol. The number of aromatic nitrogens is 2. The first-order valence-corrected chi connectivity index (χ1v) is 13.1. The van der Waals surface area contributed by atoms with E-state index in [1.54, 1.807) is 4.57 Å². The minimum Gasteiger partial charge on any atom is -0.491 e. The first kappa shape index (κ1) is 26.7. The van der Waals surface area contributed by atoms with Crippen LogP contribution < -0.4 is 15.0 Å². The zero-order valence-electron chi connectivity index (χ0n) is 21.3. The number of nitrogens with one attached hydrogen (secondary N) is 1. The summed E-state index contributed by atoms with van der Waals surface area (Å²) in [5.74, 6) is 1.25. The van der Waals surface area contributed by atoms with Gasteiger partial charge in [0.25, 0.3) is 0 Å². The minimum absolute atomic E-state index is 0.139. The van der Waals surface area contributed by atoms with Crippen LogP contribution in [0.2, 0.25) is 0 Å². The summed E-state index contributed by atoms with van der Waals surface area (Å²) in [6, 6.07) is 13.6. The Morgan fingerprint density at radius 2 is 1.84 bits per heavy atom. The number of imidazole rings is 1. The van der Waals surface area contributed by atoms with E-state index in [1.165, 1.54) is 0 Å². The summed E-state index contributed by atoms with van der Waals surface area (Å²) in [5, 5.41) is 43.1. The number of morpholine rings is 1. The van der Waals surface area contributed by atoms with Gasteiger partial charge in [-0.2, -0.15) is 0 Å². The monoisotopic (exact) mass is 528 g/mol. The molecule has 0 spiro atoms. The predicted octanol–water partition coefficient (Wildman–Crippen LogP) is 1.25. The van der Waals surface area contributed by atoms with Gasteiger partial charge in [0, 0.05) is 26.2 Å². The molecule has 2 aliphatic heterocycles. The topological polar surface area (TPSA) is 142 Å². The molecule has 2 fully saturated rings. The molecule has 0 radical (unpaired) electrons. The van der Waals surface area contributed by atoms with Crippen LogP contribution in [0, 0.1) is 0 Å². The van der Waals surface area contributed by atoms with Gasteiger partial charge in [0.2, 0.25) is 5.95 Å². The number of benzene rings is 2. The van der Waals surface area contributed by atoms with Crippen LogP contribution in [0.25, 0.3) is 11.0 Å². The van der Waals surface area contributed by atoms with E-state index in [-0.39, 0.29) is 6.61 Å². The summed E-state index contributed by atoms with van der Waals surface area (Å²) in [6.45, 7) is 3.60. The van der Waals surface area contributed by atoms with Crippen molar-refractivity contribution in [2.75, 3.05) is 56.3 Å². The number of aliphatic hydroxyl groups is 4. The van der Waals surface area contributed by atoms with Crippen LogP contribution in [0.5, 0.6) is 5.75 Å². The fourth-order valence-corrected chi connectivity index (χ4v) is 4.95. The van der Waals surface area contributed by atoms with Gasteiger partial charge in [0.1, 0.15) is 24.1 Å². The van der Waals surface area contributed by atoms with Crippen LogP contribution in [-0.2, 0) is 16.0 Å². The molecule has 11 nitrogen and oxygen atoms in total. The molecule has 3 aromatic rings. The van der Waals surface area contributed by atoms with Gasteiger partial charge < -0.3 is 44.9 Å². The molecule has 0 bridgehead atoms. The number of hydrogen-bond donors (Lipinski definition) is 5. The number of aliphatic hydroxyl groups excluding tert-OH is 4. The van der Waals surface area contributed by atoms with Crippen molar-refractivity contribution in [3.63, 3.8) is 0 Å². The molecule has 4 atom stereocenters. The summed E-state index contributed by atoms with van der Waals surface area (Å²) < 4.78 is 19.2. The Hall–Kier alpha value is -2.93. The van der Waals surface area contributed by atoms with E-state index in [0.29, 0.717) is 44.3 Å². The van der Waals surface area contributed by atoms with Crippen LogP contribution >= 0.6 is 0 Å². The lowest BCUT2D eigenvalue weighted by atomic mass is 10.1. The standard InChI is InChI=1S/C27H36N4O7/c32-11-3-4-12-37-22-15-18(7-8-21(22)30-9-13-36-14-10-30)16-28-27-29-19-5-1-2-6-20(19)31(27)26-25(35)24(34)23(17-33)38-26/h1-2,5-8,15,23-26,32-35H,3-4,9-14,16-17H2,(H,28,29)/t23-,24-,25-,26-/m1/s1. The van der Waals surface area contributed by atoms with Crippen LogP contribution in [0.15, 0.2) is 42.5 Å². The van der Waals surface area contributed by atoms with Gasteiger partial charge in [0.05, 0.1) is 43.1 Å². The molecule has 0 unspecified atom stereocenters. The summed E-state index contributed by atoms with van der Waals surface area (Å²) in [5.41, 5.74) is 3.43. The van der Waals surface area contributed by atoms with Gasteiger partial charge in [-0.25, -0.2) is 4.98 Å². The molecular formula is C27H36N4O7. The van der Waals surface area contributed by atoms with Crippen LogP contribution in [0.1, 0.15) is 24.6 Å². The highest BCUT2D eigenvalue weighted by molar-refractivity contribution is 5.79. The Bertz CT molecular complexity index is 1200. The number of fused-ring (bicyclic) bond motifs is 1. The SMILES string of the molecule is OCCCCOc1cc(CNc2nc3ccccc3n2[C@@H]2O[C@H](CO)[C@@H](O)[C@H]2O)ccc1N1CCOCC1. The molecule has 3 heterocycles. The minimum atomic E-state index is -1.22. The molecule has 2 aliphatic rings. The lowest BCUT2D eigenvalue weighted by Gasteiger charge is -2.30. The summed E-state index contributed by atoms with van der Waals surface area (Å²) >= 11 is 0. The number of unbranched alkanes of at least 4 members (excludes halogenated alkanes) is 1. The molecule has 2 saturated heterocycles. The normalized spacial score (nSPS) is 23.7. The number of hydrogen-bond acceptors (Lipinski definition) is 10. The first-order chi connectivity index (χ1) is 18.6. The number of para-hydroxylation sites is 2. The highest BCUT2D eigenvalue weighted by Gasteiger charge is 2.44. The highest BCUT2D eigenvalue weighted by atomic mass is 16.6. The molecule has 206 valence electrons. The maximum atomic E-state index is 10.7. The van der Waals surface area contributed by atoms with Crippen molar-refractivity contribution in [3.05, 3.63) is 48.0 Å². The molecule has 1 aromatic heterocycles. The number of anilines is 2. The van der Waals surface area contributed by atoms with Crippen molar-refractivity contribution >= 4 is 22.7 Å². The van der Waals surface area contributed by atoms with Gasteiger partial charge >= 0.3 is 0 Å². The first-order valence-electron chi connectivity index (χ1n) is 13.1. The van der Waals surface area contributed by atoms with E-state index in [0.717, 1.165) is 42.0 Å². The quantitative estimate of drug-likeness (QED) is 0.231. The Balaban J connectivity index is 1.39. The van der Waals surface area contributed by atoms with Crippen molar-refractivity contribution in [2.24, 2.45) is 0 Å². The largest absolute Gasteiger partial charge is 0.491 e. The molecule has 5 N–H and O–H groups in total. The number of rotatable bonds is 11. The second-order valence-corrected chi connectivity index (χ2v) is 9.56. The van der Waals surface area contributed by atoms with E-state index < -0.39 is 31.1 Å². The van der Waals surface area contributed by atoms with E-state index >= 15 is 0 Å². The number of ether oxygens (including phenoxy) is 3. The second kappa shape index (κ2) is 12.3. The molecule has 11 heteroatoms. The maximum absolute atomic E-state index is 10.7. The van der Waals surface area contributed by atoms with Crippen molar-refractivity contribution in [3.8, 4) is 5.75 Å². The third-order valence-electron chi connectivity index (χ3n) is 7.00. The van der Waals surface area contributed by atoms with Crippen molar-refractivity contribution in [1.82, 2.24) is 9.55 Å². The van der Waals surface area contributed by atoms with Gasteiger partial charge in [-0.3, -0.25) is 4.57 Å². The van der Waals surface area contributed by atoms with Gasteiger partial charge in [0.15, 0.2) is 6.23 Å². The molecule has 0 amide bonds. The van der Waals surface area contributed by atoms with Gasteiger partial charge in [-0.15, -0.1) is 0 Å². The van der Waals surface area contributed by atoms with Crippen LogP contribution in [-0.4, -0.2) is 94.4 Å². The Morgan fingerprint density at radius 1 is 1.03 bits per heavy atom. The fourth-order valence-electron chi connectivity index (χ4n) is 4.95. The smallest absolute Gasteiger partial charge is 0.206 e. The second-order valence-electron chi connectivity index (χ2n) is 9.56. The summed E-state index contributed by atoms with van der Waals surface area (Å²) in [7, 11) is 0. The highest BCUT2D eigenvalue weighted by Crippen LogP contribution is 2.35. The van der Waals surface area contributed by atoms with E-state index in [9.17, 15) is 15.3 Å². The molecule has 0 saturated carbocycles. The zero-order valence-corrected chi connectivity index (χ0v) is 21.3. The van der Waals surface area contributed by atoms with Crippen LogP contribution in [0.3, 0.4) is 0 Å². The Labute approximate surface area is 221 Å². The summed E-state index contributed by atoms with van der Waals surface area (Å²) in [4.78, 5) is 6.96. The average Bonchev–Trinajstić information content (AvgIpc) is 3.46. The third kappa shape index (κ3) is 5.58. The molecule has 5 rings (SSSR count). The number of nitrogens with zero attached hydrogens (tertiary/aromatic N) is 3. The van der Waals surface area contributed by atoms with Crippen LogP contribution in [0.4, 0.5) is 11.6 Å². The predicted molar refractivity (Wildman–Crippen MR) is 141 cm³/mol. The molecule has 38 heavy (non-hydrogen) atoms. The van der Waals surface area contributed by atoms with E-state index in [1.807, 2.05) is 36.4 Å². The van der Waals surface area contributed by atoms with Crippen molar-refractivity contribution in [2.45, 2.75) is 43.9 Å². The zero-order chi connectivity index (χ0) is 26.5. The molecule has 2 aromatic carbocycles. The molecule has 0 aliphatic carbocycles. The Kier molecular flexibility index (Phi) is 8.62. The van der Waals surface area contributed by atoms with Gasteiger partial charge in [-0.1, -0.05) is 18.2 Å². The van der Waals surface area contributed by atoms with E-state index in [2.05, 4.69) is 16.3 Å². The summed E-state index contributed by atoms with van der Waals surface area (Å²) in [6.07, 6.45) is -2.79. The lowest BCUT2D eigenvalue weighted by molar-refractivity contribution is -0.0499. The molecular weight excluding hydrogens is 492 g/mol. The van der Waals surface area contributed by atoms with Gasteiger partial charge in [-0.05, 0) is 42.7 Å².